The van der Waals surface area contributed by atoms with E-state index in [0.29, 0.717) is 0 Å². The van der Waals surface area contributed by atoms with Crippen LogP contribution in [0.5, 0.6) is 0 Å². The fraction of sp³-hybridized carbons (Fsp3) is 0.632. The Kier molecular flexibility index (Phi) is 6.38. The number of halogens is 1. The molecular formula is C19H29IN4. The fourth-order valence-electron chi connectivity index (χ4n) is 3.73. The summed E-state index contributed by atoms with van der Waals surface area (Å²) in [5.74, 6) is 2.23. The summed E-state index contributed by atoms with van der Waals surface area (Å²) < 4.78 is 0. The maximum atomic E-state index is 4.82. The Morgan fingerprint density at radius 1 is 0.958 bits per heavy atom. The SMILES string of the molecule is I.c1ccc(CN2CCCN(C3=NCCN3CC3CC3)CC2)cc1. The zero-order chi connectivity index (χ0) is 15.5. The van der Waals surface area contributed by atoms with Crippen molar-refractivity contribution < 1.29 is 0 Å². The van der Waals surface area contributed by atoms with Gasteiger partial charge in [0.25, 0.3) is 0 Å². The molecule has 1 aromatic rings. The van der Waals surface area contributed by atoms with Gasteiger partial charge in [0, 0.05) is 45.8 Å². The predicted octanol–water partition coefficient (Wildman–Crippen LogP) is 2.89. The molecule has 4 rings (SSSR count). The van der Waals surface area contributed by atoms with Gasteiger partial charge in [0.1, 0.15) is 0 Å². The van der Waals surface area contributed by atoms with Gasteiger partial charge in [-0.3, -0.25) is 9.89 Å². The van der Waals surface area contributed by atoms with Crippen molar-refractivity contribution >= 4 is 29.9 Å². The Morgan fingerprint density at radius 3 is 2.58 bits per heavy atom. The standard InChI is InChI=1S/C19H28N4.HI/c1-2-5-17(6-3-1)15-21-10-4-11-22(14-13-21)19-20-9-12-23(19)16-18-7-8-18;/h1-3,5-6,18H,4,7-16H2;1H. The van der Waals surface area contributed by atoms with E-state index < -0.39 is 0 Å². The molecular weight excluding hydrogens is 411 g/mol. The van der Waals surface area contributed by atoms with Gasteiger partial charge in [-0.05, 0) is 30.7 Å². The molecule has 0 spiro atoms. The third-order valence-corrected chi connectivity index (χ3v) is 5.20. The van der Waals surface area contributed by atoms with Gasteiger partial charge in [-0.25, -0.2) is 0 Å². The van der Waals surface area contributed by atoms with Crippen LogP contribution in [0.15, 0.2) is 35.3 Å². The smallest absolute Gasteiger partial charge is 0.196 e. The topological polar surface area (TPSA) is 22.1 Å². The molecule has 0 bridgehead atoms. The Labute approximate surface area is 162 Å². The van der Waals surface area contributed by atoms with E-state index in [9.17, 15) is 0 Å². The zero-order valence-corrected chi connectivity index (χ0v) is 16.8. The highest BCUT2D eigenvalue weighted by molar-refractivity contribution is 14.0. The molecule has 132 valence electrons. The van der Waals surface area contributed by atoms with Gasteiger partial charge in [-0.1, -0.05) is 30.3 Å². The summed E-state index contributed by atoms with van der Waals surface area (Å²) in [7, 11) is 0. The van der Waals surface area contributed by atoms with Crippen LogP contribution in [0.25, 0.3) is 0 Å². The number of hydrogen-bond acceptors (Lipinski definition) is 4. The molecule has 0 amide bonds. The third kappa shape index (κ3) is 4.63. The van der Waals surface area contributed by atoms with Gasteiger partial charge < -0.3 is 9.80 Å². The van der Waals surface area contributed by atoms with E-state index in [0.717, 1.165) is 45.2 Å². The molecule has 0 N–H and O–H groups in total. The van der Waals surface area contributed by atoms with E-state index >= 15 is 0 Å². The average Bonchev–Trinajstić information content (AvgIpc) is 3.32. The second-order valence-electron chi connectivity index (χ2n) is 7.17. The summed E-state index contributed by atoms with van der Waals surface area (Å²) >= 11 is 0. The van der Waals surface area contributed by atoms with Crippen LogP contribution in [0.3, 0.4) is 0 Å². The Bertz CT molecular complexity index is 544. The lowest BCUT2D eigenvalue weighted by Gasteiger charge is -2.30. The van der Waals surface area contributed by atoms with Crippen LogP contribution in [-0.4, -0.2) is 66.5 Å². The van der Waals surface area contributed by atoms with Gasteiger partial charge in [0.2, 0.25) is 0 Å². The minimum atomic E-state index is 0. The second-order valence-corrected chi connectivity index (χ2v) is 7.17. The van der Waals surface area contributed by atoms with E-state index in [-0.39, 0.29) is 24.0 Å². The first-order valence-corrected chi connectivity index (χ1v) is 9.19. The second kappa shape index (κ2) is 8.52. The predicted molar refractivity (Wildman–Crippen MR) is 110 cm³/mol. The minimum Gasteiger partial charge on any atom is -0.342 e. The number of aliphatic imine (C=N–C) groups is 1. The summed E-state index contributed by atoms with van der Waals surface area (Å²) in [6, 6.07) is 10.9. The summed E-state index contributed by atoms with van der Waals surface area (Å²) in [6.45, 7) is 9.06. The van der Waals surface area contributed by atoms with Crippen LogP contribution >= 0.6 is 24.0 Å². The van der Waals surface area contributed by atoms with Gasteiger partial charge >= 0.3 is 0 Å². The van der Waals surface area contributed by atoms with Crippen LogP contribution in [-0.2, 0) is 6.54 Å². The third-order valence-electron chi connectivity index (χ3n) is 5.20. The molecule has 1 saturated heterocycles. The molecule has 1 aliphatic carbocycles. The van der Waals surface area contributed by atoms with Crippen LogP contribution in [0.1, 0.15) is 24.8 Å². The molecule has 0 unspecified atom stereocenters. The Morgan fingerprint density at radius 2 is 1.79 bits per heavy atom. The van der Waals surface area contributed by atoms with E-state index in [1.807, 2.05) is 0 Å². The molecule has 24 heavy (non-hydrogen) atoms. The van der Waals surface area contributed by atoms with E-state index in [1.54, 1.807) is 0 Å². The van der Waals surface area contributed by atoms with Crippen LogP contribution in [0.4, 0.5) is 0 Å². The summed E-state index contributed by atoms with van der Waals surface area (Å²) in [5.41, 5.74) is 1.43. The maximum absolute atomic E-state index is 4.82. The molecule has 0 aromatic heterocycles. The highest BCUT2D eigenvalue weighted by Crippen LogP contribution is 2.30. The van der Waals surface area contributed by atoms with Crippen molar-refractivity contribution in [1.29, 1.82) is 0 Å². The Hall–Kier alpha value is -0.820. The Balaban J connectivity index is 0.00000169. The first-order chi connectivity index (χ1) is 11.4. The van der Waals surface area contributed by atoms with E-state index in [2.05, 4.69) is 45.0 Å². The summed E-state index contributed by atoms with van der Waals surface area (Å²) in [6.07, 6.45) is 4.09. The number of nitrogens with zero attached hydrogens (tertiary/aromatic N) is 4. The molecule has 3 aliphatic rings. The van der Waals surface area contributed by atoms with Gasteiger partial charge in [0.05, 0.1) is 6.54 Å². The first kappa shape index (κ1) is 18.0. The highest BCUT2D eigenvalue weighted by atomic mass is 127. The molecule has 1 saturated carbocycles. The average molecular weight is 440 g/mol. The number of hydrogen-bond donors (Lipinski definition) is 0. The molecule has 1 aromatic carbocycles. The van der Waals surface area contributed by atoms with Gasteiger partial charge in [0.15, 0.2) is 5.96 Å². The van der Waals surface area contributed by atoms with Gasteiger partial charge in [-0.2, -0.15) is 0 Å². The fourth-order valence-corrected chi connectivity index (χ4v) is 3.73. The lowest BCUT2D eigenvalue weighted by atomic mass is 10.2. The maximum Gasteiger partial charge on any atom is 0.196 e. The largest absolute Gasteiger partial charge is 0.342 e. The van der Waals surface area contributed by atoms with Crippen LogP contribution < -0.4 is 0 Å². The highest BCUT2D eigenvalue weighted by Gasteiger charge is 2.30. The zero-order valence-electron chi connectivity index (χ0n) is 14.4. The van der Waals surface area contributed by atoms with Crippen molar-refractivity contribution in [3.05, 3.63) is 35.9 Å². The van der Waals surface area contributed by atoms with Crippen LogP contribution in [0, 0.1) is 5.92 Å². The molecule has 4 nitrogen and oxygen atoms in total. The lowest BCUT2D eigenvalue weighted by molar-refractivity contribution is 0.273. The van der Waals surface area contributed by atoms with Gasteiger partial charge in [-0.15, -0.1) is 24.0 Å². The van der Waals surface area contributed by atoms with Crippen molar-refractivity contribution in [3.8, 4) is 0 Å². The lowest BCUT2D eigenvalue weighted by Crippen LogP contribution is -2.44. The van der Waals surface area contributed by atoms with Crippen molar-refractivity contribution in [3.63, 3.8) is 0 Å². The number of guanidine groups is 1. The quantitative estimate of drug-likeness (QED) is 0.673. The molecule has 0 atom stereocenters. The van der Waals surface area contributed by atoms with E-state index in [4.69, 9.17) is 4.99 Å². The molecule has 2 aliphatic heterocycles. The number of benzene rings is 1. The molecule has 5 heteroatoms. The normalized spacial score (nSPS) is 22.1. The van der Waals surface area contributed by atoms with E-state index in [1.165, 1.54) is 43.9 Å². The van der Waals surface area contributed by atoms with Crippen molar-refractivity contribution in [2.75, 3.05) is 45.8 Å². The van der Waals surface area contributed by atoms with Crippen molar-refractivity contribution in [2.45, 2.75) is 25.8 Å². The first-order valence-electron chi connectivity index (χ1n) is 9.19. The van der Waals surface area contributed by atoms with Crippen LogP contribution in [0.2, 0.25) is 0 Å². The minimum absolute atomic E-state index is 0. The number of rotatable bonds is 4. The molecule has 2 heterocycles. The summed E-state index contributed by atoms with van der Waals surface area (Å²) in [4.78, 5) is 12.5. The van der Waals surface area contributed by atoms with Crippen molar-refractivity contribution in [2.24, 2.45) is 10.9 Å². The van der Waals surface area contributed by atoms with Crippen molar-refractivity contribution in [1.82, 2.24) is 14.7 Å². The molecule has 2 fully saturated rings. The monoisotopic (exact) mass is 440 g/mol. The molecule has 0 radical (unpaired) electrons. The summed E-state index contributed by atoms with van der Waals surface area (Å²) in [5, 5.41) is 0.